The average molecular weight is 572 g/mol. The maximum Gasteiger partial charge on any atom is 0.193 e. The highest BCUT2D eigenvalue weighted by Gasteiger charge is 2.33. The van der Waals surface area contributed by atoms with E-state index in [0.717, 1.165) is 43.2 Å². The van der Waals surface area contributed by atoms with Gasteiger partial charge in [-0.2, -0.15) is 0 Å². The van der Waals surface area contributed by atoms with Crippen LogP contribution in [0.2, 0.25) is 0 Å². The second kappa shape index (κ2) is 12.7. The monoisotopic (exact) mass is 572 g/mol. The zero-order valence-corrected chi connectivity index (χ0v) is 21.8. The van der Waals surface area contributed by atoms with Gasteiger partial charge in [0.2, 0.25) is 0 Å². The SMILES string of the molecule is CC(NC1(CN=C(N)Nc2cccc(Oc3ccccc3)c2)CCOCC1)c1ccccc1.I. The van der Waals surface area contributed by atoms with Crippen LogP contribution in [-0.4, -0.2) is 31.3 Å². The second-order valence-corrected chi connectivity index (χ2v) is 8.44. The first-order valence-electron chi connectivity index (χ1n) is 11.4. The molecular formula is C27H33IN4O2. The van der Waals surface area contributed by atoms with Gasteiger partial charge in [0.15, 0.2) is 5.96 Å². The number of rotatable bonds is 8. The van der Waals surface area contributed by atoms with E-state index >= 15 is 0 Å². The van der Waals surface area contributed by atoms with Crippen LogP contribution in [0.5, 0.6) is 11.5 Å². The van der Waals surface area contributed by atoms with Crippen LogP contribution in [-0.2, 0) is 4.74 Å². The molecule has 0 bridgehead atoms. The summed E-state index contributed by atoms with van der Waals surface area (Å²) in [5.41, 5.74) is 8.20. The van der Waals surface area contributed by atoms with Crippen molar-refractivity contribution in [3.63, 3.8) is 0 Å². The predicted molar refractivity (Wildman–Crippen MR) is 149 cm³/mol. The van der Waals surface area contributed by atoms with Gasteiger partial charge in [-0.25, -0.2) is 0 Å². The van der Waals surface area contributed by atoms with Gasteiger partial charge in [0, 0.05) is 36.5 Å². The van der Waals surface area contributed by atoms with Crippen molar-refractivity contribution in [1.82, 2.24) is 5.32 Å². The number of ether oxygens (including phenoxy) is 2. The van der Waals surface area contributed by atoms with Gasteiger partial charge in [-0.3, -0.25) is 4.99 Å². The fourth-order valence-electron chi connectivity index (χ4n) is 4.08. The minimum atomic E-state index is -0.155. The van der Waals surface area contributed by atoms with Gasteiger partial charge in [-0.15, -0.1) is 24.0 Å². The molecule has 1 heterocycles. The second-order valence-electron chi connectivity index (χ2n) is 8.44. The van der Waals surface area contributed by atoms with Gasteiger partial charge >= 0.3 is 0 Å². The molecule has 3 aromatic carbocycles. The molecule has 1 aliphatic heterocycles. The highest BCUT2D eigenvalue weighted by Crippen LogP contribution is 2.27. The van der Waals surface area contributed by atoms with Crippen molar-refractivity contribution in [3.05, 3.63) is 90.5 Å². The normalized spacial score (nSPS) is 16.2. The van der Waals surface area contributed by atoms with Crippen molar-refractivity contribution in [2.24, 2.45) is 10.7 Å². The number of nitrogens with two attached hydrogens (primary N) is 1. The molecule has 4 N–H and O–H groups in total. The molecule has 34 heavy (non-hydrogen) atoms. The number of anilines is 1. The molecule has 0 aliphatic carbocycles. The van der Waals surface area contributed by atoms with Crippen molar-refractivity contribution in [1.29, 1.82) is 0 Å². The lowest BCUT2D eigenvalue weighted by molar-refractivity contribution is 0.0375. The molecule has 1 unspecified atom stereocenters. The minimum Gasteiger partial charge on any atom is -0.457 e. The maximum atomic E-state index is 6.27. The van der Waals surface area contributed by atoms with Gasteiger partial charge in [-0.1, -0.05) is 54.6 Å². The summed E-state index contributed by atoms with van der Waals surface area (Å²) in [6.45, 7) is 4.20. The van der Waals surface area contributed by atoms with Crippen molar-refractivity contribution >= 4 is 35.6 Å². The van der Waals surface area contributed by atoms with Gasteiger partial charge in [-0.05, 0) is 49.6 Å². The van der Waals surface area contributed by atoms with E-state index in [1.807, 2.05) is 60.7 Å². The molecule has 4 rings (SSSR count). The summed E-state index contributed by atoms with van der Waals surface area (Å²) in [5.74, 6) is 1.90. The summed E-state index contributed by atoms with van der Waals surface area (Å²) < 4.78 is 11.5. The highest BCUT2D eigenvalue weighted by molar-refractivity contribution is 14.0. The molecule has 1 saturated heterocycles. The molecule has 0 aromatic heterocycles. The first-order chi connectivity index (χ1) is 16.1. The smallest absolute Gasteiger partial charge is 0.193 e. The lowest BCUT2D eigenvalue weighted by Gasteiger charge is -2.39. The Hall–Kier alpha value is -2.62. The zero-order valence-electron chi connectivity index (χ0n) is 19.4. The molecule has 0 radical (unpaired) electrons. The summed E-state index contributed by atoms with van der Waals surface area (Å²) in [5, 5.41) is 7.01. The number of hydrogen-bond acceptors (Lipinski definition) is 4. The van der Waals surface area contributed by atoms with Crippen LogP contribution < -0.4 is 21.1 Å². The topological polar surface area (TPSA) is 80.9 Å². The number of nitrogens with one attached hydrogen (secondary N) is 2. The van der Waals surface area contributed by atoms with E-state index in [4.69, 9.17) is 20.2 Å². The molecule has 1 fully saturated rings. The van der Waals surface area contributed by atoms with E-state index in [2.05, 4.69) is 41.8 Å². The van der Waals surface area contributed by atoms with Gasteiger partial charge in [0.25, 0.3) is 0 Å². The largest absolute Gasteiger partial charge is 0.457 e. The number of aliphatic imine (C=N–C) groups is 1. The van der Waals surface area contributed by atoms with E-state index in [9.17, 15) is 0 Å². The third kappa shape index (κ3) is 7.44. The lowest BCUT2D eigenvalue weighted by atomic mass is 9.88. The zero-order chi connectivity index (χ0) is 22.9. The van der Waals surface area contributed by atoms with Crippen molar-refractivity contribution in [3.8, 4) is 11.5 Å². The standard InChI is InChI=1S/C27H32N4O2.HI/c1-21(22-9-4-2-5-10-22)31-27(15-17-32-18-16-27)20-29-26(28)30-23-11-8-14-25(19-23)33-24-12-6-3-7-13-24;/h2-14,19,21,31H,15-18,20H2,1H3,(H3,28,29,30);1H. The molecule has 3 aromatic rings. The quantitative estimate of drug-likeness (QED) is 0.183. The number of benzene rings is 3. The Labute approximate surface area is 219 Å². The number of halogens is 1. The van der Waals surface area contributed by atoms with Crippen LogP contribution >= 0.6 is 24.0 Å². The van der Waals surface area contributed by atoms with Crippen molar-refractivity contribution in [2.45, 2.75) is 31.3 Å². The van der Waals surface area contributed by atoms with Crippen LogP contribution in [0.1, 0.15) is 31.4 Å². The Morgan fingerprint density at radius 3 is 2.32 bits per heavy atom. The fraction of sp³-hybridized carbons (Fsp3) is 0.296. The number of guanidine groups is 1. The van der Waals surface area contributed by atoms with Gasteiger partial charge in [0.05, 0.1) is 6.54 Å². The minimum absolute atomic E-state index is 0. The molecule has 6 nitrogen and oxygen atoms in total. The van der Waals surface area contributed by atoms with E-state index in [-0.39, 0.29) is 35.6 Å². The van der Waals surface area contributed by atoms with Crippen LogP contribution in [0.25, 0.3) is 0 Å². The van der Waals surface area contributed by atoms with Crippen LogP contribution in [0.3, 0.4) is 0 Å². The summed E-state index contributed by atoms with van der Waals surface area (Å²) in [6.07, 6.45) is 1.78. The van der Waals surface area contributed by atoms with E-state index in [0.29, 0.717) is 12.5 Å². The number of nitrogens with zero attached hydrogens (tertiary/aromatic N) is 1. The summed E-state index contributed by atoms with van der Waals surface area (Å²) in [4.78, 5) is 4.70. The molecule has 0 saturated carbocycles. The maximum absolute atomic E-state index is 6.27. The van der Waals surface area contributed by atoms with E-state index in [1.54, 1.807) is 0 Å². The predicted octanol–water partition coefficient (Wildman–Crippen LogP) is 5.72. The van der Waals surface area contributed by atoms with Crippen molar-refractivity contribution in [2.75, 3.05) is 25.1 Å². The van der Waals surface area contributed by atoms with Gasteiger partial charge in [0.1, 0.15) is 11.5 Å². The Morgan fingerprint density at radius 1 is 0.971 bits per heavy atom. The van der Waals surface area contributed by atoms with Crippen LogP contribution in [0.4, 0.5) is 5.69 Å². The van der Waals surface area contributed by atoms with E-state index in [1.165, 1.54) is 5.56 Å². The van der Waals surface area contributed by atoms with Gasteiger partial charge < -0.3 is 25.8 Å². The summed E-state index contributed by atoms with van der Waals surface area (Å²) in [6, 6.07) is 28.1. The lowest BCUT2D eigenvalue weighted by Crippen LogP contribution is -2.53. The Bertz CT molecular complexity index is 1040. The van der Waals surface area contributed by atoms with E-state index < -0.39 is 0 Å². The Balaban J connectivity index is 0.00000324. The Kier molecular flexibility index (Phi) is 9.74. The molecule has 0 amide bonds. The first-order valence-corrected chi connectivity index (χ1v) is 11.4. The molecule has 1 atom stereocenters. The molecule has 7 heteroatoms. The third-order valence-electron chi connectivity index (χ3n) is 5.91. The van der Waals surface area contributed by atoms with Crippen LogP contribution in [0.15, 0.2) is 89.9 Å². The molecule has 1 aliphatic rings. The van der Waals surface area contributed by atoms with Crippen LogP contribution in [0, 0.1) is 0 Å². The summed E-state index contributed by atoms with van der Waals surface area (Å²) >= 11 is 0. The molecular weight excluding hydrogens is 539 g/mol. The molecule has 180 valence electrons. The first kappa shape index (κ1) is 26.0. The number of para-hydroxylation sites is 1. The molecule has 0 spiro atoms. The third-order valence-corrected chi connectivity index (χ3v) is 5.91. The Morgan fingerprint density at radius 2 is 1.62 bits per heavy atom. The average Bonchev–Trinajstić information content (AvgIpc) is 2.85. The summed E-state index contributed by atoms with van der Waals surface area (Å²) in [7, 11) is 0. The number of hydrogen-bond donors (Lipinski definition) is 3. The highest BCUT2D eigenvalue weighted by atomic mass is 127. The fourth-order valence-corrected chi connectivity index (χ4v) is 4.08. The van der Waals surface area contributed by atoms with Crippen molar-refractivity contribution < 1.29 is 9.47 Å².